The van der Waals surface area contributed by atoms with Gasteiger partial charge in [0.15, 0.2) is 11.0 Å². The molecule has 0 aliphatic carbocycles. The number of amides is 1. The Hall–Kier alpha value is -4.62. The van der Waals surface area contributed by atoms with Crippen LogP contribution in [0.5, 0.6) is 0 Å². The summed E-state index contributed by atoms with van der Waals surface area (Å²) in [5.74, 6) is 1.04. The minimum atomic E-state index is -3.87. The minimum Gasteiger partial charge on any atom is -0.325 e. The summed E-state index contributed by atoms with van der Waals surface area (Å²) in [4.78, 5) is 25.2. The molecule has 5 aromatic rings. The number of nitrogens with zero attached hydrogens (tertiary/aromatic N) is 6. The van der Waals surface area contributed by atoms with Crippen molar-refractivity contribution in [3.05, 3.63) is 96.7 Å². The number of carbonyl (C=O) groups excluding carboxylic acids is 1. The number of hydrogen-bond acceptors (Lipinski definition) is 9. The molecule has 11 nitrogen and oxygen atoms in total. The van der Waals surface area contributed by atoms with E-state index in [2.05, 4.69) is 35.2 Å². The molecule has 5 rings (SSSR count). The molecule has 1 amide bonds. The van der Waals surface area contributed by atoms with Crippen molar-refractivity contribution in [2.24, 2.45) is 0 Å². The van der Waals surface area contributed by atoms with Gasteiger partial charge in [-0.15, -0.1) is 10.2 Å². The summed E-state index contributed by atoms with van der Waals surface area (Å²) in [6.07, 6.45) is 3.39. The molecule has 0 fully saturated rings. The van der Waals surface area contributed by atoms with Gasteiger partial charge in [-0.25, -0.2) is 18.4 Å². The highest BCUT2D eigenvalue weighted by atomic mass is 32.2. The van der Waals surface area contributed by atoms with Gasteiger partial charge in [-0.05, 0) is 62.4 Å². The molecule has 0 spiro atoms. The zero-order valence-corrected chi connectivity index (χ0v) is 23.1. The lowest BCUT2D eigenvalue weighted by atomic mass is 10.2. The molecule has 2 N–H and O–H groups in total. The number of nitrogens with one attached hydrogen (secondary N) is 2. The molecule has 0 saturated carbocycles. The first-order chi connectivity index (χ1) is 19.3. The van der Waals surface area contributed by atoms with Crippen LogP contribution in [-0.4, -0.2) is 49.8 Å². The van der Waals surface area contributed by atoms with Gasteiger partial charge in [0, 0.05) is 41.1 Å². The first kappa shape index (κ1) is 27.0. The average molecular weight is 573 g/mol. The van der Waals surface area contributed by atoms with Crippen molar-refractivity contribution < 1.29 is 13.2 Å². The minimum absolute atomic E-state index is 0.0349. The summed E-state index contributed by atoms with van der Waals surface area (Å²) in [6, 6.07) is 20.8. The number of sulfonamides is 1. The Kier molecular flexibility index (Phi) is 7.84. The van der Waals surface area contributed by atoms with E-state index in [0.717, 1.165) is 11.3 Å². The van der Waals surface area contributed by atoms with E-state index in [1.807, 2.05) is 47.0 Å². The van der Waals surface area contributed by atoms with E-state index in [1.165, 1.54) is 36.0 Å². The van der Waals surface area contributed by atoms with E-state index in [9.17, 15) is 13.2 Å². The highest BCUT2D eigenvalue weighted by Crippen LogP contribution is 2.27. The molecular formula is C27H24N8O3S2. The lowest BCUT2D eigenvalue weighted by Gasteiger charge is -2.11. The molecule has 2 aromatic carbocycles. The van der Waals surface area contributed by atoms with Crippen LogP contribution in [0.4, 0.5) is 11.5 Å². The Morgan fingerprint density at radius 2 is 1.73 bits per heavy atom. The van der Waals surface area contributed by atoms with E-state index in [4.69, 9.17) is 0 Å². The number of benzene rings is 2. The van der Waals surface area contributed by atoms with Crippen LogP contribution in [0, 0.1) is 13.8 Å². The van der Waals surface area contributed by atoms with Crippen molar-refractivity contribution in [1.29, 1.82) is 0 Å². The van der Waals surface area contributed by atoms with Crippen LogP contribution in [0.3, 0.4) is 0 Å². The summed E-state index contributed by atoms with van der Waals surface area (Å²) < 4.78 is 29.9. The molecule has 0 saturated heterocycles. The summed E-state index contributed by atoms with van der Waals surface area (Å²) in [5.41, 5.74) is 2.76. The number of aryl methyl sites for hydroxylation is 2. The first-order valence-electron chi connectivity index (χ1n) is 12.1. The van der Waals surface area contributed by atoms with Crippen LogP contribution < -0.4 is 10.0 Å². The van der Waals surface area contributed by atoms with Crippen molar-refractivity contribution in [2.75, 3.05) is 15.8 Å². The maximum absolute atomic E-state index is 12.8. The van der Waals surface area contributed by atoms with Gasteiger partial charge in [0.25, 0.3) is 10.0 Å². The third-order valence-electron chi connectivity index (χ3n) is 5.55. The van der Waals surface area contributed by atoms with E-state index >= 15 is 0 Å². The molecule has 3 heterocycles. The lowest BCUT2D eigenvalue weighted by molar-refractivity contribution is -0.113. The fraction of sp³-hybridized carbons (Fsp3) is 0.111. The van der Waals surface area contributed by atoms with Crippen molar-refractivity contribution in [2.45, 2.75) is 23.9 Å². The standard InChI is InChI=1S/C27H24N8O3S2/c1-18-15-24(30-19(2)29-18)34-40(37,38)23-12-10-21(11-13-23)31-25(36)17-39-27-33-32-26(20-7-6-14-28-16-20)35(27)22-8-4-3-5-9-22/h3-16H,17H2,1-2H3,(H,31,36)(H,29,30,34). The van der Waals surface area contributed by atoms with E-state index < -0.39 is 10.0 Å². The van der Waals surface area contributed by atoms with Crippen molar-refractivity contribution in [1.82, 2.24) is 29.7 Å². The Labute approximate surface area is 235 Å². The van der Waals surface area contributed by atoms with Crippen molar-refractivity contribution in [3.8, 4) is 17.1 Å². The van der Waals surface area contributed by atoms with Crippen LogP contribution in [0.1, 0.15) is 11.5 Å². The second-order valence-electron chi connectivity index (χ2n) is 8.63. The Balaban J connectivity index is 1.26. The summed E-state index contributed by atoms with van der Waals surface area (Å²) in [7, 11) is -3.87. The second kappa shape index (κ2) is 11.6. The van der Waals surface area contributed by atoms with Gasteiger partial charge in [-0.2, -0.15) is 0 Å². The van der Waals surface area contributed by atoms with E-state index in [1.54, 1.807) is 32.3 Å². The number of para-hydroxylation sites is 1. The van der Waals surface area contributed by atoms with Gasteiger partial charge in [0.2, 0.25) is 5.91 Å². The topological polar surface area (TPSA) is 145 Å². The van der Waals surface area contributed by atoms with Gasteiger partial charge in [0.05, 0.1) is 10.6 Å². The third kappa shape index (κ3) is 6.33. The van der Waals surface area contributed by atoms with E-state index in [0.29, 0.717) is 28.2 Å². The molecule has 13 heteroatoms. The number of pyridine rings is 1. The third-order valence-corrected chi connectivity index (χ3v) is 7.85. The van der Waals surface area contributed by atoms with Crippen LogP contribution in [0.25, 0.3) is 17.1 Å². The van der Waals surface area contributed by atoms with Crippen LogP contribution in [-0.2, 0) is 14.8 Å². The molecule has 0 aliphatic rings. The smallest absolute Gasteiger partial charge is 0.263 e. The highest BCUT2D eigenvalue weighted by Gasteiger charge is 2.18. The predicted molar refractivity (Wildman–Crippen MR) is 153 cm³/mol. The Morgan fingerprint density at radius 1 is 0.950 bits per heavy atom. The molecule has 202 valence electrons. The SMILES string of the molecule is Cc1cc(NS(=O)(=O)c2ccc(NC(=O)CSc3nnc(-c4cccnc4)n3-c3ccccc3)cc2)nc(C)n1. The number of rotatable bonds is 9. The average Bonchev–Trinajstić information content (AvgIpc) is 3.36. The first-order valence-corrected chi connectivity index (χ1v) is 14.5. The highest BCUT2D eigenvalue weighted by molar-refractivity contribution is 7.99. The van der Waals surface area contributed by atoms with Gasteiger partial charge in [0.1, 0.15) is 11.6 Å². The van der Waals surface area contributed by atoms with Gasteiger partial charge in [-0.1, -0.05) is 30.0 Å². The van der Waals surface area contributed by atoms with Gasteiger partial charge in [-0.3, -0.25) is 19.1 Å². The summed E-state index contributed by atoms with van der Waals surface area (Å²) in [5, 5.41) is 12.0. The normalized spacial score (nSPS) is 11.2. The maximum atomic E-state index is 12.8. The predicted octanol–water partition coefficient (Wildman–Crippen LogP) is 4.27. The van der Waals surface area contributed by atoms with Gasteiger partial charge >= 0.3 is 0 Å². The molecule has 0 bridgehead atoms. The Morgan fingerprint density at radius 3 is 2.42 bits per heavy atom. The summed E-state index contributed by atoms with van der Waals surface area (Å²) in [6.45, 7) is 3.44. The zero-order valence-electron chi connectivity index (χ0n) is 21.5. The monoisotopic (exact) mass is 572 g/mol. The molecule has 0 unspecified atom stereocenters. The molecular weight excluding hydrogens is 548 g/mol. The number of carbonyl (C=O) groups is 1. The molecule has 0 aliphatic heterocycles. The molecule has 40 heavy (non-hydrogen) atoms. The number of aromatic nitrogens is 6. The van der Waals surface area contributed by atoms with Crippen molar-refractivity contribution >= 4 is 39.2 Å². The lowest BCUT2D eigenvalue weighted by Crippen LogP contribution is -2.16. The number of thioether (sulfide) groups is 1. The Bertz CT molecular complexity index is 1720. The van der Waals surface area contributed by atoms with Gasteiger partial charge < -0.3 is 5.32 Å². The maximum Gasteiger partial charge on any atom is 0.263 e. The van der Waals surface area contributed by atoms with E-state index in [-0.39, 0.29) is 22.4 Å². The molecule has 3 aromatic heterocycles. The van der Waals surface area contributed by atoms with Crippen LogP contribution in [0.2, 0.25) is 0 Å². The number of hydrogen-bond donors (Lipinski definition) is 2. The molecule has 0 radical (unpaired) electrons. The van der Waals surface area contributed by atoms with Crippen LogP contribution in [0.15, 0.2) is 95.2 Å². The largest absolute Gasteiger partial charge is 0.325 e. The fourth-order valence-corrected chi connectivity index (χ4v) is 5.61. The second-order valence-corrected chi connectivity index (χ2v) is 11.3. The molecule has 0 atom stereocenters. The van der Waals surface area contributed by atoms with Crippen molar-refractivity contribution in [3.63, 3.8) is 0 Å². The quantitative estimate of drug-likeness (QED) is 0.247. The summed E-state index contributed by atoms with van der Waals surface area (Å²) >= 11 is 1.23. The van der Waals surface area contributed by atoms with Crippen LogP contribution >= 0.6 is 11.8 Å². The fourth-order valence-electron chi connectivity index (χ4n) is 3.87. The number of anilines is 2. The zero-order chi connectivity index (χ0) is 28.1.